The number of hydrogen-bond donors (Lipinski definition) is 1. The lowest BCUT2D eigenvalue weighted by atomic mass is 9.89. The molecule has 2 N–H and O–H groups in total. The number of rotatable bonds is 7. The minimum absolute atomic E-state index is 0.398. The van der Waals surface area contributed by atoms with Gasteiger partial charge in [0.25, 0.3) is 0 Å². The first kappa shape index (κ1) is 34.0. The van der Waals surface area contributed by atoms with E-state index >= 15 is 0 Å². The Morgan fingerprint density at radius 2 is 1.05 bits per heavy atom. The van der Waals surface area contributed by atoms with Crippen molar-refractivity contribution in [3.8, 4) is 33.4 Å². The molecular weight excluding hydrogens is 695 g/mol. The van der Waals surface area contributed by atoms with Crippen LogP contribution in [-0.4, -0.2) is 11.7 Å². The van der Waals surface area contributed by atoms with Crippen LogP contribution in [0.3, 0.4) is 0 Å². The molecule has 0 saturated heterocycles. The SMILES string of the molecule is NC(=NC(=NCc1ccc(-c2ccccc2)cc1)c1ccc2ccccc2c1)c1ccc(-c2c(-c3ccc4ccccc4c3)ccc3oc4ccccc4c23)cc1. The smallest absolute Gasteiger partial charge is 0.157 e. The summed E-state index contributed by atoms with van der Waals surface area (Å²) in [6, 6.07) is 69.7. The van der Waals surface area contributed by atoms with Crippen molar-refractivity contribution in [2.75, 3.05) is 0 Å². The molecule has 0 fully saturated rings. The summed E-state index contributed by atoms with van der Waals surface area (Å²) in [5, 5.41) is 6.87. The van der Waals surface area contributed by atoms with Crippen LogP contribution >= 0.6 is 0 Å². The molecule has 1 heterocycles. The average molecular weight is 732 g/mol. The van der Waals surface area contributed by atoms with Gasteiger partial charge >= 0.3 is 0 Å². The molecule has 4 nitrogen and oxygen atoms in total. The van der Waals surface area contributed by atoms with Crippen molar-refractivity contribution >= 4 is 55.2 Å². The zero-order chi connectivity index (χ0) is 38.1. The summed E-state index contributed by atoms with van der Waals surface area (Å²) >= 11 is 0. The third-order valence-corrected chi connectivity index (χ3v) is 10.8. The van der Waals surface area contributed by atoms with Gasteiger partial charge in [-0.1, -0.05) is 176 Å². The molecule has 0 unspecified atom stereocenters. The molecule has 0 radical (unpaired) electrons. The van der Waals surface area contributed by atoms with Gasteiger partial charge in [-0.25, -0.2) is 4.99 Å². The van der Waals surface area contributed by atoms with Crippen LogP contribution < -0.4 is 5.73 Å². The van der Waals surface area contributed by atoms with E-state index in [9.17, 15) is 0 Å². The predicted molar refractivity (Wildman–Crippen MR) is 239 cm³/mol. The Kier molecular flexibility index (Phi) is 8.69. The topological polar surface area (TPSA) is 63.9 Å². The first-order valence-corrected chi connectivity index (χ1v) is 19.2. The number of fused-ring (bicyclic) bond motifs is 5. The van der Waals surface area contributed by atoms with Gasteiger partial charge in [0, 0.05) is 27.5 Å². The molecule has 0 atom stereocenters. The molecule has 270 valence electrons. The molecule has 0 aliphatic heterocycles. The molecule has 1 aromatic heterocycles. The highest BCUT2D eigenvalue weighted by Gasteiger charge is 2.18. The van der Waals surface area contributed by atoms with E-state index in [4.69, 9.17) is 20.1 Å². The van der Waals surface area contributed by atoms with Crippen molar-refractivity contribution in [3.05, 3.63) is 217 Å². The Balaban J connectivity index is 1.04. The minimum Gasteiger partial charge on any atom is -0.456 e. The molecule has 9 aromatic carbocycles. The fourth-order valence-electron chi connectivity index (χ4n) is 7.82. The number of nitrogens with two attached hydrogens (primary N) is 1. The Labute approximate surface area is 330 Å². The lowest BCUT2D eigenvalue weighted by molar-refractivity contribution is 0.669. The highest BCUT2D eigenvalue weighted by atomic mass is 16.3. The van der Waals surface area contributed by atoms with E-state index in [0.29, 0.717) is 18.2 Å². The monoisotopic (exact) mass is 731 g/mol. The molecule has 0 spiro atoms. The number of amidine groups is 2. The molecule has 57 heavy (non-hydrogen) atoms. The van der Waals surface area contributed by atoms with Crippen LogP contribution in [0.5, 0.6) is 0 Å². The van der Waals surface area contributed by atoms with E-state index in [1.807, 2.05) is 18.2 Å². The summed E-state index contributed by atoms with van der Waals surface area (Å²) in [6.45, 7) is 0.465. The zero-order valence-electron chi connectivity index (χ0n) is 31.1. The summed E-state index contributed by atoms with van der Waals surface area (Å²) in [5.41, 5.74) is 18.2. The Bertz CT molecular complexity index is 3140. The maximum Gasteiger partial charge on any atom is 0.157 e. The van der Waals surface area contributed by atoms with E-state index in [-0.39, 0.29) is 0 Å². The van der Waals surface area contributed by atoms with Gasteiger partial charge in [-0.3, -0.25) is 4.99 Å². The molecule has 0 bridgehead atoms. The van der Waals surface area contributed by atoms with Gasteiger partial charge in [0.05, 0.1) is 6.54 Å². The van der Waals surface area contributed by atoms with Crippen LogP contribution in [0.25, 0.3) is 76.9 Å². The van der Waals surface area contributed by atoms with E-state index in [1.165, 1.54) is 21.9 Å². The Morgan fingerprint density at radius 1 is 0.456 bits per heavy atom. The summed E-state index contributed by atoms with van der Waals surface area (Å²) in [7, 11) is 0. The summed E-state index contributed by atoms with van der Waals surface area (Å²) in [4.78, 5) is 10.1. The molecule has 0 amide bonds. The lowest BCUT2D eigenvalue weighted by Gasteiger charge is -2.14. The molecule has 10 rings (SSSR count). The first-order chi connectivity index (χ1) is 28.1. The normalized spacial score (nSPS) is 12.2. The van der Waals surface area contributed by atoms with Gasteiger partial charge in [0.1, 0.15) is 17.0 Å². The van der Waals surface area contributed by atoms with Crippen LogP contribution in [-0.2, 0) is 6.54 Å². The van der Waals surface area contributed by atoms with Crippen LogP contribution in [0.4, 0.5) is 0 Å². The highest BCUT2D eigenvalue weighted by molar-refractivity contribution is 6.17. The van der Waals surface area contributed by atoms with Crippen molar-refractivity contribution in [2.45, 2.75) is 6.54 Å². The Morgan fingerprint density at radius 3 is 1.82 bits per heavy atom. The van der Waals surface area contributed by atoms with Gasteiger partial charge < -0.3 is 10.2 Å². The number of aliphatic imine (C=N–C) groups is 2. The molecular formula is C53H37N3O. The largest absolute Gasteiger partial charge is 0.456 e. The predicted octanol–water partition coefficient (Wildman–Crippen LogP) is 13.2. The van der Waals surface area contributed by atoms with Crippen molar-refractivity contribution in [1.82, 2.24) is 0 Å². The van der Waals surface area contributed by atoms with Crippen LogP contribution in [0, 0.1) is 0 Å². The van der Waals surface area contributed by atoms with Crippen molar-refractivity contribution in [3.63, 3.8) is 0 Å². The molecule has 0 saturated carbocycles. The number of nitrogens with zero attached hydrogens (tertiary/aromatic N) is 2. The molecule has 10 aromatic rings. The van der Waals surface area contributed by atoms with Crippen molar-refractivity contribution in [1.29, 1.82) is 0 Å². The van der Waals surface area contributed by atoms with Crippen LogP contribution in [0.1, 0.15) is 16.7 Å². The molecule has 0 aliphatic carbocycles. The molecule has 0 aliphatic rings. The van der Waals surface area contributed by atoms with Gasteiger partial charge in [0.15, 0.2) is 5.84 Å². The fourth-order valence-corrected chi connectivity index (χ4v) is 7.82. The number of para-hydroxylation sites is 1. The summed E-state index contributed by atoms with van der Waals surface area (Å²) < 4.78 is 6.38. The van der Waals surface area contributed by atoms with Crippen molar-refractivity contribution in [2.24, 2.45) is 15.7 Å². The van der Waals surface area contributed by atoms with E-state index in [0.717, 1.165) is 71.7 Å². The van der Waals surface area contributed by atoms with Crippen LogP contribution in [0.2, 0.25) is 0 Å². The lowest BCUT2D eigenvalue weighted by Crippen LogP contribution is -2.16. The third-order valence-electron chi connectivity index (χ3n) is 10.8. The third kappa shape index (κ3) is 6.64. The molecule has 4 heteroatoms. The maximum absolute atomic E-state index is 6.86. The second kappa shape index (κ2) is 14.6. The van der Waals surface area contributed by atoms with Gasteiger partial charge in [0.2, 0.25) is 0 Å². The van der Waals surface area contributed by atoms with Crippen LogP contribution in [0.15, 0.2) is 215 Å². The summed E-state index contributed by atoms with van der Waals surface area (Å²) in [5.74, 6) is 0.984. The average Bonchev–Trinajstić information content (AvgIpc) is 3.66. The second-order valence-corrected chi connectivity index (χ2v) is 14.4. The van der Waals surface area contributed by atoms with Gasteiger partial charge in [-0.15, -0.1) is 0 Å². The first-order valence-electron chi connectivity index (χ1n) is 19.2. The van der Waals surface area contributed by atoms with Crippen molar-refractivity contribution < 1.29 is 4.42 Å². The van der Waals surface area contributed by atoms with E-state index < -0.39 is 0 Å². The standard InChI is InChI=1S/C53H37N3O/c54-52(56-53(45-29-23-38-13-5-7-15-43(38)33-45)55-34-35-18-20-39(21-19-35)36-10-2-1-3-11-36)41-26-24-40(25-27-41)50-46(44-28-22-37-12-4-6-14-42(37)32-44)30-31-49-51(50)47-16-8-9-17-48(47)57-49/h1-33H,34H2,(H2,54,55,56). The number of furan rings is 1. The fraction of sp³-hybridized carbons (Fsp3) is 0.0189. The zero-order valence-corrected chi connectivity index (χ0v) is 31.1. The maximum atomic E-state index is 6.86. The van der Waals surface area contributed by atoms with E-state index in [1.54, 1.807) is 0 Å². The van der Waals surface area contributed by atoms with Gasteiger partial charge in [-0.2, -0.15) is 0 Å². The minimum atomic E-state index is 0.398. The quantitative estimate of drug-likeness (QED) is 0.131. The highest BCUT2D eigenvalue weighted by Crippen LogP contribution is 2.43. The number of hydrogen-bond acceptors (Lipinski definition) is 2. The summed E-state index contributed by atoms with van der Waals surface area (Å²) in [6.07, 6.45) is 0. The Hall–Kier alpha value is -7.56. The second-order valence-electron chi connectivity index (χ2n) is 14.4. The van der Waals surface area contributed by atoms with Gasteiger partial charge in [-0.05, 0) is 79.2 Å². The van der Waals surface area contributed by atoms with E-state index in [2.05, 4.69) is 182 Å². The number of benzene rings is 9.